The van der Waals surface area contributed by atoms with E-state index in [-0.39, 0.29) is 16.2 Å². The van der Waals surface area contributed by atoms with E-state index in [1.807, 2.05) is 6.92 Å². The SMILES string of the molecule is Cc1ncc(CNc2c(F)cc(C(N)=S)cc2F)s1. The van der Waals surface area contributed by atoms with Crippen LogP contribution in [-0.2, 0) is 6.54 Å². The molecule has 2 rings (SSSR count). The smallest absolute Gasteiger partial charge is 0.150 e. The number of hydrogen-bond donors (Lipinski definition) is 2. The summed E-state index contributed by atoms with van der Waals surface area (Å²) < 4.78 is 27.5. The van der Waals surface area contributed by atoms with E-state index in [4.69, 9.17) is 5.73 Å². The van der Waals surface area contributed by atoms with E-state index >= 15 is 0 Å². The third kappa shape index (κ3) is 3.24. The van der Waals surface area contributed by atoms with Crippen LogP contribution in [0.3, 0.4) is 0 Å². The number of benzene rings is 1. The Bertz CT molecular complexity index is 602. The molecule has 0 saturated heterocycles. The summed E-state index contributed by atoms with van der Waals surface area (Å²) in [5.74, 6) is -1.44. The van der Waals surface area contributed by atoms with E-state index < -0.39 is 11.6 Å². The van der Waals surface area contributed by atoms with E-state index in [2.05, 4.69) is 22.5 Å². The van der Waals surface area contributed by atoms with Crippen molar-refractivity contribution in [2.75, 3.05) is 5.32 Å². The molecule has 7 heteroatoms. The number of nitrogens with two attached hydrogens (primary N) is 1. The zero-order valence-electron chi connectivity index (χ0n) is 10.0. The average Bonchev–Trinajstić information content (AvgIpc) is 2.73. The quantitative estimate of drug-likeness (QED) is 0.852. The van der Waals surface area contributed by atoms with Gasteiger partial charge in [0, 0.05) is 16.6 Å². The normalized spacial score (nSPS) is 10.5. The molecule has 0 bridgehead atoms. The summed E-state index contributed by atoms with van der Waals surface area (Å²) in [5, 5.41) is 3.62. The van der Waals surface area contributed by atoms with E-state index in [1.165, 1.54) is 11.3 Å². The van der Waals surface area contributed by atoms with Gasteiger partial charge in [0.05, 0.1) is 11.6 Å². The van der Waals surface area contributed by atoms with Gasteiger partial charge in [-0.05, 0) is 19.1 Å². The summed E-state index contributed by atoms with van der Waals surface area (Å²) in [7, 11) is 0. The van der Waals surface area contributed by atoms with Gasteiger partial charge in [-0.1, -0.05) is 12.2 Å². The largest absolute Gasteiger partial charge is 0.389 e. The number of hydrogen-bond acceptors (Lipinski definition) is 4. The van der Waals surface area contributed by atoms with Gasteiger partial charge in [-0.3, -0.25) is 0 Å². The molecule has 0 aliphatic carbocycles. The first-order valence-electron chi connectivity index (χ1n) is 5.41. The molecule has 19 heavy (non-hydrogen) atoms. The number of rotatable bonds is 4. The lowest BCUT2D eigenvalue weighted by Crippen LogP contribution is -2.12. The maximum Gasteiger partial charge on any atom is 0.150 e. The summed E-state index contributed by atoms with van der Waals surface area (Å²) in [4.78, 5) is 4.93. The second kappa shape index (κ2) is 5.58. The predicted octanol–water partition coefficient (Wildman–Crippen LogP) is 2.98. The van der Waals surface area contributed by atoms with Crippen LogP contribution in [-0.4, -0.2) is 9.97 Å². The molecule has 3 nitrogen and oxygen atoms in total. The highest BCUT2D eigenvalue weighted by atomic mass is 32.1. The Labute approximate surface area is 118 Å². The van der Waals surface area contributed by atoms with E-state index in [1.54, 1.807) is 6.20 Å². The second-order valence-electron chi connectivity index (χ2n) is 3.88. The summed E-state index contributed by atoms with van der Waals surface area (Å²) in [5.41, 5.74) is 5.32. The molecule has 0 atom stereocenters. The van der Waals surface area contributed by atoms with Gasteiger partial charge in [-0.15, -0.1) is 11.3 Å². The van der Waals surface area contributed by atoms with Gasteiger partial charge in [0.1, 0.15) is 22.3 Å². The van der Waals surface area contributed by atoms with E-state index in [0.29, 0.717) is 6.54 Å². The average molecular weight is 299 g/mol. The van der Waals surface area contributed by atoms with Crippen LogP contribution in [0, 0.1) is 18.6 Å². The number of thiocarbonyl (C=S) groups is 1. The number of nitrogens with one attached hydrogen (secondary N) is 1. The Balaban J connectivity index is 2.18. The van der Waals surface area contributed by atoms with Crippen molar-refractivity contribution in [3.05, 3.63) is 45.4 Å². The van der Waals surface area contributed by atoms with Gasteiger partial charge in [-0.2, -0.15) is 0 Å². The van der Waals surface area contributed by atoms with Crippen LogP contribution in [0.15, 0.2) is 18.3 Å². The number of halogens is 2. The molecule has 3 N–H and O–H groups in total. The number of anilines is 1. The third-order valence-electron chi connectivity index (χ3n) is 2.44. The van der Waals surface area contributed by atoms with Crippen molar-refractivity contribution in [1.29, 1.82) is 0 Å². The topological polar surface area (TPSA) is 50.9 Å². The number of aryl methyl sites for hydroxylation is 1. The van der Waals surface area contributed by atoms with Crippen molar-refractivity contribution >= 4 is 34.2 Å². The fourth-order valence-electron chi connectivity index (χ4n) is 1.55. The van der Waals surface area contributed by atoms with E-state index in [0.717, 1.165) is 22.0 Å². The number of nitrogens with zero attached hydrogens (tertiary/aromatic N) is 1. The minimum Gasteiger partial charge on any atom is -0.389 e. The molecule has 1 heterocycles. The molecule has 0 saturated carbocycles. The van der Waals surface area contributed by atoms with Gasteiger partial charge in [0.2, 0.25) is 0 Å². The molecule has 1 aromatic heterocycles. The monoisotopic (exact) mass is 299 g/mol. The highest BCUT2D eigenvalue weighted by molar-refractivity contribution is 7.80. The standard InChI is InChI=1S/C12H11F2N3S2/c1-6-16-4-8(19-6)5-17-11-9(13)2-7(12(15)18)3-10(11)14/h2-4,17H,5H2,1H3,(H2,15,18). The fourth-order valence-corrected chi connectivity index (χ4v) is 2.40. The third-order valence-corrected chi connectivity index (χ3v) is 3.58. The molecule has 0 radical (unpaired) electrons. The molecule has 2 aromatic rings. The van der Waals surface area contributed by atoms with Crippen molar-refractivity contribution in [2.24, 2.45) is 5.73 Å². The van der Waals surface area contributed by atoms with Crippen LogP contribution in [0.2, 0.25) is 0 Å². The fraction of sp³-hybridized carbons (Fsp3) is 0.167. The van der Waals surface area contributed by atoms with Crippen LogP contribution in [0.4, 0.5) is 14.5 Å². The van der Waals surface area contributed by atoms with Gasteiger partial charge < -0.3 is 11.1 Å². The lowest BCUT2D eigenvalue weighted by molar-refractivity contribution is 0.587. The Morgan fingerprint density at radius 3 is 2.53 bits per heavy atom. The zero-order chi connectivity index (χ0) is 14.0. The predicted molar refractivity (Wildman–Crippen MR) is 76.4 cm³/mol. The molecular weight excluding hydrogens is 288 g/mol. The molecule has 0 spiro atoms. The Morgan fingerprint density at radius 2 is 2.05 bits per heavy atom. The van der Waals surface area contributed by atoms with Crippen molar-refractivity contribution in [3.63, 3.8) is 0 Å². The lowest BCUT2D eigenvalue weighted by Gasteiger charge is -2.09. The number of aromatic nitrogens is 1. The molecule has 0 amide bonds. The summed E-state index contributed by atoms with van der Waals surface area (Å²) in [6.07, 6.45) is 1.67. The maximum atomic E-state index is 13.7. The Kier molecular flexibility index (Phi) is 4.06. The highest BCUT2D eigenvalue weighted by Gasteiger charge is 2.12. The molecule has 0 unspecified atom stereocenters. The Morgan fingerprint density at radius 1 is 1.42 bits per heavy atom. The first kappa shape index (κ1) is 13.8. The highest BCUT2D eigenvalue weighted by Crippen LogP contribution is 2.22. The van der Waals surface area contributed by atoms with Crippen molar-refractivity contribution in [3.8, 4) is 0 Å². The van der Waals surface area contributed by atoms with Crippen LogP contribution >= 0.6 is 23.6 Å². The maximum absolute atomic E-state index is 13.7. The van der Waals surface area contributed by atoms with E-state index in [9.17, 15) is 8.78 Å². The molecule has 100 valence electrons. The van der Waals surface area contributed by atoms with Crippen molar-refractivity contribution in [2.45, 2.75) is 13.5 Å². The van der Waals surface area contributed by atoms with Gasteiger partial charge in [-0.25, -0.2) is 13.8 Å². The van der Waals surface area contributed by atoms with Gasteiger partial charge in [0.15, 0.2) is 0 Å². The number of thiazole rings is 1. The van der Waals surface area contributed by atoms with Crippen molar-refractivity contribution < 1.29 is 8.78 Å². The summed E-state index contributed by atoms with van der Waals surface area (Å²) >= 11 is 6.15. The zero-order valence-corrected chi connectivity index (χ0v) is 11.7. The van der Waals surface area contributed by atoms with Crippen molar-refractivity contribution in [1.82, 2.24) is 4.98 Å². The molecule has 0 aliphatic heterocycles. The summed E-state index contributed by atoms with van der Waals surface area (Å²) in [6.45, 7) is 2.18. The molecular formula is C12H11F2N3S2. The molecule has 1 aromatic carbocycles. The second-order valence-corrected chi connectivity index (χ2v) is 5.64. The summed E-state index contributed by atoms with van der Waals surface area (Å²) in [6, 6.07) is 2.23. The lowest BCUT2D eigenvalue weighted by atomic mass is 10.2. The minimum absolute atomic E-state index is 0.0394. The Hall–Kier alpha value is -1.60. The molecule has 0 fully saturated rings. The van der Waals surface area contributed by atoms with Crippen LogP contribution in [0.1, 0.15) is 15.4 Å². The van der Waals surface area contributed by atoms with Crippen LogP contribution in [0.25, 0.3) is 0 Å². The minimum atomic E-state index is -0.718. The van der Waals surface area contributed by atoms with Crippen LogP contribution < -0.4 is 11.1 Å². The first-order chi connectivity index (χ1) is 8.97. The first-order valence-corrected chi connectivity index (χ1v) is 6.64. The molecule has 0 aliphatic rings. The van der Waals surface area contributed by atoms with Gasteiger partial charge >= 0.3 is 0 Å². The van der Waals surface area contributed by atoms with Crippen LogP contribution in [0.5, 0.6) is 0 Å². The van der Waals surface area contributed by atoms with Gasteiger partial charge in [0.25, 0.3) is 0 Å².